The molecule has 0 bridgehead atoms. The zero-order valence-electron chi connectivity index (χ0n) is 15.7. The number of methoxy groups -OCH3 is 1. The van der Waals surface area contributed by atoms with E-state index in [1.807, 2.05) is 60.7 Å². The van der Waals surface area contributed by atoms with Crippen molar-refractivity contribution in [3.63, 3.8) is 0 Å². The summed E-state index contributed by atoms with van der Waals surface area (Å²) >= 11 is 9.84. The molecule has 2 atom stereocenters. The summed E-state index contributed by atoms with van der Waals surface area (Å²) in [6.45, 7) is 0. The minimum atomic E-state index is -0.330. The van der Waals surface area contributed by atoms with Crippen LogP contribution in [0.2, 0.25) is 5.02 Å². The second-order valence-corrected chi connectivity index (χ2v) is 8.43. The number of hydrogen-bond donors (Lipinski definition) is 0. The second kappa shape index (κ2) is 7.39. The van der Waals surface area contributed by atoms with E-state index < -0.39 is 0 Å². The Balaban J connectivity index is 1.58. The van der Waals surface area contributed by atoms with E-state index in [1.165, 1.54) is 0 Å². The molecule has 0 N–H and O–H groups in total. The van der Waals surface area contributed by atoms with Crippen LogP contribution in [0.3, 0.4) is 0 Å². The van der Waals surface area contributed by atoms with Crippen LogP contribution in [0.25, 0.3) is 0 Å². The zero-order valence-corrected chi connectivity index (χ0v) is 18.0. The summed E-state index contributed by atoms with van der Waals surface area (Å²) in [5, 5.41) is 7.72. The number of hydrazone groups is 1. The third kappa shape index (κ3) is 3.38. The lowest BCUT2D eigenvalue weighted by atomic mass is 9.96. The van der Waals surface area contributed by atoms with Crippen LogP contribution in [0.1, 0.15) is 35.4 Å². The van der Waals surface area contributed by atoms with Crippen molar-refractivity contribution < 1.29 is 9.47 Å². The molecule has 2 aliphatic heterocycles. The minimum Gasteiger partial charge on any atom is -0.497 e. The van der Waals surface area contributed by atoms with Crippen molar-refractivity contribution >= 4 is 33.2 Å². The molecule has 2 aliphatic rings. The summed E-state index contributed by atoms with van der Waals surface area (Å²) in [5.41, 5.74) is 4.23. The molecule has 0 saturated carbocycles. The Hall–Kier alpha value is -2.50. The van der Waals surface area contributed by atoms with E-state index in [-0.39, 0.29) is 12.3 Å². The van der Waals surface area contributed by atoms with Crippen molar-refractivity contribution in [2.45, 2.75) is 18.7 Å². The predicted molar refractivity (Wildman–Crippen MR) is 118 cm³/mol. The number of rotatable bonds is 3. The van der Waals surface area contributed by atoms with Gasteiger partial charge in [-0.25, -0.2) is 5.01 Å². The maximum absolute atomic E-state index is 6.38. The molecule has 0 spiro atoms. The van der Waals surface area contributed by atoms with Crippen LogP contribution < -0.4 is 9.47 Å². The first-order valence-corrected chi connectivity index (χ1v) is 10.5. The summed E-state index contributed by atoms with van der Waals surface area (Å²) in [4.78, 5) is 0. The Bertz CT molecular complexity index is 1100. The molecule has 0 unspecified atom stereocenters. The van der Waals surface area contributed by atoms with Crippen molar-refractivity contribution in [2.75, 3.05) is 7.11 Å². The van der Waals surface area contributed by atoms with E-state index >= 15 is 0 Å². The highest BCUT2D eigenvalue weighted by molar-refractivity contribution is 9.10. The summed E-state index contributed by atoms with van der Waals surface area (Å²) < 4.78 is 12.7. The lowest BCUT2D eigenvalue weighted by Gasteiger charge is -2.38. The summed E-state index contributed by atoms with van der Waals surface area (Å²) in [7, 11) is 1.67. The van der Waals surface area contributed by atoms with Crippen molar-refractivity contribution in [1.29, 1.82) is 0 Å². The summed E-state index contributed by atoms with van der Waals surface area (Å²) in [6, 6.07) is 22.0. The predicted octanol–water partition coefficient (Wildman–Crippen LogP) is 6.35. The summed E-state index contributed by atoms with van der Waals surface area (Å²) in [6.07, 6.45) is 0.471. The van der Waals surface area contributed by atoms with Crippen LogP contribution in [0.4, 0.5) is 0 Å². The second-order valence-electron chi connectivity index (χ2n) is 7.08. The van der Waals surface area contributed by atoms with Gasteiger partial charge in [-0.05, 0) is 60.2 Å². The van der Waals surface area contributed by atoms with Gasteiger partial charge in [0.25, 0.3) is 0 Å². The minimum absolute atomic E-state index is 0.0948. The monoisotopic (exact) mass is 468 g/mol. The fourth-order valence-corrected chi connectivity index (χ4v) is 4.47. The van der Waals surface area contributed by atoms with E-state index in [2.05, 4.69) is 27.0 Å². The normalized spacial score (nSPS) is 19.8. The van der Waals surface area contributed by atoms with Gasteiger partial charge in [0.1, 0.15) is 11.5 Å². The molecular weight excluding hydrogens is 452 g/mol. The third-order valence-corrected chi connectivity index (χ3v) is 6.04. The highest BCUT2D eigenvalue weighted by Crippen LogP contribution is 2.48. The van der Waals surface area contributed by atoms with Crippen LogP contribution in [0, 0.1) is 0 Å². The van der Waals surface area contributed by atoms with Gasteiger partial charge in [-0.3, -0.25) is 0 Å². The standard InChI is InChI=1S/C23H18BrClN2O2/c1-28-18-8-5-14(6-9-18)20-13-21-19-12-16(24)7-10-22(19)29-23(27(21)26-20)15-3-2-4-17(25)11-15/h2-12,21,23H,13H2,1H3/t21-,23+/m1/s1. The van der Waals surface area contributed by atoms with Gasteiger partial charge in [0, 0.05) is 27.0 Å². The smallest absolute Gasteiger partial charge is 0.213 e. The van der Waals surface area contributed by atoms with Gasteiger partial charge in [-0.2, -0.15) is 5.10 Å². The third-order valence-electron chi connectivity index (χ3n) is 5.31. The van der Waals surface area contributed by atoms with Crippen LogP contribution in [-0.2, 0) is 0 Å². The van der Waals surface area contributed by atoms with Gasteiger partial charge < -0.3 is 9.47 Å². The van der Waals surface area contributed by atoms with E-state index in [1.54, 1.807) is 7.11 Å². The first-order chi connectivity index (χ1) is 14.1. The number of nitrogens with zero attached hydrogens (tertiary/aromatic N) is 2. The number of halogens is 2. The Kier molecular flexibility index (Phi) is 4.72. The molecule has 2 heterocycles. The van der Waals surface area contributed by atoms with Crippen LogP contribution >= 0.6 is 27.5 Å². The lowest BCUT2D eigenvalue weighted by molar-refractivity contribution is -0.0190. The molecule has 4 nitrogen and oxygen atoms in total. The van der Waals surface area contributed by atoms with Crippen molar-refractivity contribution in [2.24, 2.45) is 5.10 Å². The highest BCUT2D eigenvalue weighted by atomic mass is 79.9. The van der Waals surface area contributed by atoms with E-state index in [4.69, 9.17) is 26.2 Å². The van der Waals surface area contributed by atoms with Gasteiger partial charge >= 0.3 is 0 Å². The Morgan fingerprint density at radius 2 is 1.93 bits per heavy atom. The molecule has 0 amide bonds. The molecule has 0 saturated heterocycles. The zero-order chi connectivity index (χ0) is 20.0. The topological polar surface area (TPSA) is 34.1 Å². The number of hydrogen-bond acceptors (Lipinski definition) is 4. The largest absolute Gasteiger partial charge is 0.497 e. The fourth-order valence-electron chi connectivity index (χ4n) is 3.90. The van der Waals surface area contributed by atoms with Crippen molar-refractivity contribution in [3.05, 3.63) is 92.9 Å². The van der Waals surface area contributed by atoms with Gasteiger partial charge in [0.05, 0.1) is 18.9 Å². The molecule has 0 aromatic heterocycles. The maximum Gasteiger partial charge on any atom is 0.213 e. The average molecular weight is 470 g/mol. The van der Waals surface area contributed by atoms with E-state index in [0.29, 0.717) is 5.02 Å². The first kappa shape index (κ1) is 18.5. The molecule has 6 heteroatoms. The SMILES string of the molecule is COc1ccc(C2=NN3[C@H](C2)c2cc(Br)ccc2O[C@H]3c2cccc(Cl)c2)cc1. The Morgan fingerprint density at radius 3 is 2.69 bits per heavy atom. The van der Waals surface area contributed by atoms with Gasteiger partial charge in [0.2, 0.25) is 6.23 Å². The molecule has 146 valence electrons. The van der Waals surface area contributed by atoms with Crippen LogP contribution in [0.5, 0.6) is 11.5 Å². The maximum atomic E-state index is 6.38. The Morgan fingerprint density at radius 1 is 1.10 bits per heavy atom. The quantitative estimate of drug-likeness (QED) is 0.448. The average Bonchev–Trinajstić information content (AvgIpc) is 3.19. The molecular formula is C23H18BrClN2O2. The molecule has 3 aromatic carbocycles. The number of fused-ring (bicyclic) bond motifs is 3. The van der Waals surface area contributed by atoms with Crippen LogP contribution in [0.15, 0.2) is 76.3 Å². The van der Waals surface area contributed by atoms with Crippen molar-refractivity contribution in [1.82, 2.24) is 5.01 Å². The molecule has 29 heavy (non-hydrogen) atoms. The molecule has 0 radical (unpaired) electrons. The van der Waals surface area contributed by atoms with Crippen molar-refractivity contribution in [3.8, 4) is 11.5 Å². The number of ether oxygens (including phenoxy) is 2. The number of benzene rings is 3. The molecule has 0 aliphatic carbocycles. The van der Waals surface area contributed by atoms with E-state index in [9.17, 15) is 0 Å². The first-order valence-electron chi connectivity index (χ1n) is 9.34. The Labute approximate surface area is 182 Å². The highest BCUT2D eigenvalue weighted by Gasteiger charge is 2.41. The van der Waals surface area contributed by atoms with Gasteiger partial charge in [-0.15, -0.1) is 0 Å². The fraction of sp³-hybridized carbons (Fsp3) is 0.174. The van der Waals surface area contributed by atoms with Crippen LogP contribution in [-0.4, -0.2) is 17.8 Å². The summed E-state index contributed by atoms with van der Waals surface area (Å²) in [5.74, 6) is 1.71. The molecule has 5 rings (SSSR count). The molecule has 3 aromatic rings. The van der Waals surface area contributed by atoms with Gasteiger partial charge in [0.15, 0.2) is 0 Å². The lowest BCUT2D eigenvalue weighted by Crippen LogP contribution is -2.33. The van der Waals surface area contributed by atoms with Gasteiger partial charge in [-0.1, -0.05) is 39.7 Å². The van der Waals surface area contributed by atoms with E-state index in [0.717, 1.165) is 44.8 Å². The molecule has 0 fully saturated rings.